The van der Waals surface area contributed by atoms with Gasteiger partial charge in [-0.05, 0) is 48.2 Å². The Bertz CT molecular complexity index is 861. The molecule has 1 heterocycles. The summed E-state index contributed by atoms with van der Waals surface area (Å²) in [6.07, 6.45) is 2.64. The highest BCUT2D eigenvalue weighted by Gasteiger charge is 2.44. The van der Waals surface area contributed by atoms with Gasteiger partial charge in [0.15, 0.2) is 0 Å². The topological polar surface area (TPSA) is 42.0 Å². The molecule has 1 amide bonds. The minimum absolute atomic E-state index is 0.00328. The van der Waals surface area contributed by atoms with Crippen molar-refractivity contribution >= 4 is 34.5 Å². The third-order valence-electron chi connectivity index (χ3n) is 4.26. The molecule has 1 fully saturated rings. The van der Waals surface area contributed by atoms with Gasteiger partial charge < -0.3 is 5.32 Å². The van der Waals surface area contributed by atoms with Crippen LogP contribution in [0.1, 0.15) is 17.9 Å². The summed E-state index contributed by atoms with van der Waals surface area (Å²) in [5, 5.41) is 6.67. The molecule has 24 heavy (non-hydrogen) atoms. The van der Waals surface area contributed by atoms with E-state index in [0.717, 1.165) is 33.3 Å². The van der Waals surface area contributed by atoms with Crippen molar-refractivity contribution in [1.82, 2.24) is 4.98 Å². The molecule has 0 saturated heterocycles. The summed E-state index contributed by atoms with van der Waals surface area (Å²) >= 11 is 7.82. The number of anilines is 1. The van der Waals surface area contributed by atoms with E-state index in [1.807, 2.05) is 53.9 Å². The first-order valence-electron chi connectivity index (χ1n) is 7.77. The number of hydrogen-bond acceptors (Lipinski definition) is 3. The maximum atomic E-state index is 12.4. The minimum Gasteiger partial charge on any atom is -0.326 e. The van der Waals surface area contributed by atoms with E-state index in [0.29, 0.717) is 0 Å². The van der Waals surface area contributed by atoms with Crippen molar-refractivity contribution in [1.29, 1.82) is 0 Å². The number of hydrogen-bond donors (Lipinski definition) is 1. The van der Waals surface area contributed by atoms with Crippen molar-refractivity contribution in [2.24, 2.45) is 5.92 Å². The number of nitrogens with one attached hydrogen (secondary N) is 1. The SMILES string of the molecule is O=C(Nc1ccc(-c2nccs2)cc1)C1CC1c1ccccc1Cl. The van der Waals surface area contributed by atoms with Crippen molar-refractivity contribution < 1.29 is 4.79 Å². The van der Waals surface area contributed by atoms with Crippen molar-refractivity contribution in [3.8, 4) is 10.6 Å². The second kappa shape index (κ2) is 6.38. The summed E-state index contributed by atoms with van der Waals surface area (Å²) in [7, 11) is 0. The fourth-order valence-electron chi connectivity index (χ4n) is 2.90. The zero-order valence-electron chi connectivity index (χ0n) is 12.8. The van der Waals surface area contributed by atoms with Crippen molar-refractivity contribution in [3.05, 3.63) is 70.7 Å². The van der Waals surface area contributed by atoms with Gasteiger partial charge in [0.25, 0.3) is 0 Å². The Morgan fingerprint density at radius 2 is 1.96 bits per heavy atom. The van der Waals surface area contributed by atoms with E-state index < -0.39 is 0 Å². The molecule has 1 aromatic heterocycles. The maximum Gasteiger partial charge on any atom is 0.228 e. The number of rotatable bonds is 4. The fraction of sp³-hybridized carbons (Fsp3) is 0.158. The average molecular weight is 355 g/mol. The third kappa shape index (κ3) is 3.07. The van der Waals surface area contributed by atoms with Crippen LogP contribution in [0.25, 0.3) is 10.6 Å². The second-order valence-electron chi connectivity index (χ2n) is 5.87. The Balaban J connectivity index is 1.41. The highest BCUT2D eigenvalue weighted by atomic mass is 35.5. The molecular formula is C19H15ClN2OS. The Labute approximate surface area is 149 Å². The van der Waals surface area contributed by atoms with Crippen LogP contribution in [0, 0.1) is 5.92 Å². The van der Waals surface area contributed by atoms with Crippen LogP contribution in [-0.2, 0) is 4.79 Å². The van der Waals surface area contributed by atoms with Gasteiger partial charge in [-0.2, -0.15) is 0 Å². The molecule has 3 aromatic rings. The molecule has 0 radical (unpaired) electrons. The monoisotopic (exact) mass is 354 g/mol. The number of carbonyl (C=O) groups is 1. The Kier molecular flexibility index (Phi) is 4.08. The van der Waals surface area contributed by atoms with Crippen molar-refractivity contribution in [2.75, 3.05) is 5.32 Å². The van der Waals surface area contributed by atoms with Gasteiger partial charge in [-0.25, -0.2) is 4.98 Å². The van der Waals surface area contributed by atoms with Crippen LogP contribution in [0.2, 0.25) is 5.02 Å². The smallest absolute Gasteiger partial charge is 0.228 e. The summed E-state index contributed by atoms with van der Waals surface area (Å²) in [6, 6.07) is 15.5. The Morgan fingerprint density at radius 3 is 2.67 bits per heavy atom. The van der Waals surface area contributed by atoms with E-state index in [9.17, 15) is 4.79 Å². The lowest BCUT2D eigenvalue weighted by atomic mass is 10.1. The summed E-state index contributed by atoms with van der Waals surface area (Å²) in [5.41, 5.74) is 2.94. The summed E-state index contributed by atoms with van der Waals surface area (Å²) in [4.78, 5) is 16.7. The number of aromatic nitrogens is 1. The normalized spacial score (nSPS) is 19.0. The van der Waals surface area contributed by atoms with Crippen molar-refractivity contribution in [2.45, 2.75) is 12.3 Å². The molecule has 3 nitrogen and oxygen atoms in total. The van der Waals surface area contributed by atoms with Gasteiger partial charge >= 0.3 is 0 Å². The van der Waals surface area contributed by atoms with Gasteiger partial charge in [-0.3, -0.25) is 4.79 Å². The lowest BCUT2D eigenvalue weighted by Crippen LogP contribution is -2.14. The fourth-order valence-corrected chi connectivity index (χ4v) is 3.82. The Hall–Kier alpha value is -2.17. The average Bonchev–Trinajstić information content (AvgIpc) is 3.20. The first-order valence-corrected chi connectivity index (χ1v) is 9.03. The molecule has 2 aromatic carbocycles. The van der Waals surface area contributed by atoms with E-state index in [2.05, 4.69) is 10.3 Å². The second-order valence-corrected chi connectivity index (χ2v) is 7.18. The van der Waals surface area contributed by atoms with E-state index in [1.54, 1.807) is 17.5 Å². The molecule has 1 N–H and O–H groups in total. The molecule has 0 spiro atoms. The lowest BCUT2D eigenvalue weighted by molar-refractivity contribution is -0.117. The number of nitrogens with zero attached hydrogens (tertiary/aromatic N) is 1. The number of halogens is 1. The molecule has 5 heteroatoms. The number of thiazole rings is 1. The van der Waals surface area contributed by atoms with Gasteiger partial charge in [0.1, 0.15) is 5.01 Å². The number of carbonyl (C=O) groups excluding carboxylic acids is 1. The molecule has 0 bridgehead atoms. The van der Waals surface area contributed by atoms with E-state index in [-0.39, 0.29) is 17.7 Å². The first kappa shape index (κ1) is 15.4. The van der Waals surface area contributed by atoms with Crippen LogP contribution < -0.4 is 5.32 Å². The Morgan fingerprint density at radius 1 is 1.17 bits per heavy atom. The molecule has 120 valence electrons. The molecule has 1 aliphatic rings. The van der Waals surface area contributed by atoms with Gasteiger partial charge in [-0.1, -0.05) is 29.8 Å². The predicted molar refractivity (Wildman–Crippen MR) is 98.5 cm³/mol. The molecular weight excluding hydrogens is 340 g/mol. The molecule has 0 aliphatic heterocycles. The molecule has 1 aliphatic carbocycles. The largest absolute Gasteiger partial charge is 0.326 e. The standard InChI is InChI=1S/C19H15ClN2OS/c20-17-4-2-1-3-14(17)15-11-16(15)18(23)22-13-7-5-12(6-8-13)19-21-9-10-24-19/h1-10,15-16H,11H2,(H,22,23). The highest BCUT2D eigenvalue weighted by Crippen LogP contribution is 2.50. The quantitative estimate of drug-likeness (QED) is 0.699. The van der Waals surface area contributed by atoms with Crippen LogP contribution in [0.15, 0.2) is 60.1 Å². The third-order valence-corrected chi connectivity index (χ3v) is 5.43. The van der Waals surface area contributed by atoms with Gasteiger partial charge in [-0.15, -0.1) is 11.3 Å². The van der Waals surface area contributed by atoms with Crippen LogP contribution >= 0.6 is 22.9 Å². The van der Waals surface area contributed by atoms with Crippen molar-refractivity contribution in [3.63, 3.8) is 0 Å². The summed E-state index contributed by atoms with van der Waals surface area (Å²) in [5.74, 6) is 0.291. The van der Waals surface area contributed by atoms with Crippen LogP contribution in [-0.4, -0.2) is 10.9 Å². The van der Waals surface area contributed by atoms with E-state index in [4.69, 9.17) is 11.6 Å². The van der Waals surface area contributed by atoms with Crippen LogP contribution in [0.3, 0.4) is 0 Å². The van der Waals surface area contributed by atoms with Crippen LogP contribution in [0.5, 0.6) is 0 Å². The number of amides is 1. The molecule has 4 rings (SSSR count). The minimum atomic E-state index is 0.00328. The molecule has 2 atom stereocenters. The highest BCUT2D eigenvalue weighted by molar-refractivity contribution is 7.13. The zero-order chi connectivity index (χ0) is 16.5. The van der Waals surface area contributed by atoms with E-state index in [1.165, 1.54) is 0 Å². The maximum absolute atomic E-state index is 12.4. The predicted octanol–water partition coefficient (Wildman–Crippen LogP) is 5.21. The van der Waals surface area contributed by atoms with E-state index >= 15 is 0 Å². The van der Waals surface area contributed by atoms with Crippen LogP contribution in [0.4, 0.5) is 5.69 Å². The molecule has 1 saturated carbocycles. The summed E-state index contributed by atoms with van der Waals surface area (Å²) < 4.78 is 0. The molecule has 2 unspecified atom stereocenters. The summed E-state index contributed by atoms with van der Waals surface area (Å²) in [6.45, 7) is 0. The van der Waals surface area contributed by atoms with Gasteiger partial charge in [0, 0.05) is 33.8 Å². The number of benzene rings is 2. The first-order chi connectivity index (χ1) is 11.7. The van der Waals surface area contributed by atoms with Gasteiger partial charge in [0.05, 0.1) is 0 Å². The zero-order valence-corrected chi connectivity index (χ0v) is 14.3. The lowest BCUT2D eigenvalue weighted by Gasteiger charge is -2.06. The van der Waals surface area contributed by atoms with Gasteiger partial charge in [0.2, 0.25) is 5.91 Å².